The summed E-state index contributed by atoms with van der Waals surface area (Å²) >= 11 is 6.21. The molecule has 0 aliphatic rings. The molecule has 1 atom stereocenters. The van der Waals surface area contributed by atoms with Crippen molar-refractivity contribution in [3.8, 4) is 0 Å². The number of rotatable bonds is 3. The lowest BCUT2D eigenvalue weighted by Crippen LogP contribution is -2.17. The number of fused-ring (bicyclic) bond motifs is 1. The smallest absolute Gasteiger partial charge is 0.408 e. The van der Waals surface area contributed by atoms with Crippen LogP contribution < -0.4 is 11.1 Å². The van der Waals surface area contributed by atoms with Gasteiger partial charge in [0.15, 0.2) is 5.58 Å². The van der Waals surface area contributed by atoms with Gasteiger partial charge < -0.3 is 9.73 Å². The third-order valence-corrected chi connectivity index (χ3v) is 4.00. The van der Waals surface area contributed by atoms with Gasteiger partial charge in [0.1, 0.15) is 0 Å². The average molecular weight is 303 g/mol. The first-order chi connectivity index (χ1) is 10.1. The van der Waals surface area contributed by atoms with Crippen LogP contribution in [0, 0.1) is 6.92 Å². The highest BCUT2D eigenvalue weighted by Crippen LogP contribution is 2.27. The van der Waals surface area contributed by atoms with Crippen LogP contribution in [0.2, 0.25) is 5.02 Å². The molecule has 0 bridgehead atoms. The molecule has 0 saturated heterocycles. The van der Waals surface area contributed by atoms with Crippen LogP contribution in [0.3, 0.4) is 0 Å². The van der Waals surface area contributed by atoms with Crippen LogP contribution in [0.25, 0.3) is 11.1 Å². The number of benzene rings is 2. The van der Waals surface area contributed by atoms with Gasteiger partial charge in [-0.1, -0.05) is 29.8 Å². The summed E-state index contributed by atoms with van der Waals surface area (Å²) in [6.45, 7) is 1.97. The van der Waals surface area contributed by atoms with Gasteiger partial charge in [-0.05, 0) is 48.9 Å². The van der Waals surface area contributed by atoms with Gasteiger partial charge in [-0.2, -0.15) is 0 Å². The highest BCUT2D eigenvalue weighted by Gasteiger charge is 2.14. The summed E-state index contributed by atoms with van der Waals surface area (Å²) in [5.74, 6) is -0.443. The van der Waals surface area contributed by atoms with Crippen molar-refractivity contribution in [3.05, 3.63) is 68.7 Å². The molecule has 0 amide bonds. The van der Waals surface area contributed by atoms with E-state index < -0.39 is 5.76 Å². The molecule has 0 saturated carbocycles. The lowest BCUT2D eigenvalue weighted by Gasteiger charge is -2.18. The molecule has 1 aromatic heterocycles. The van der Waals surface area contributed by atoms with Crippen LogP contribution >= 0.6 is 11.6 Å². The van der Waals surface area contributed by atoms with E-state index in [1.807, 2.05) is 50.4 Å². The number of H-pyrrole nitrogens is 1. The van der Waals surface area contributed by atoms with Crippen molar-refractivity contribution < 1.29 is 4.42 Å². The Hall–Kier alpha value is -2.04. The highest BCUT2D eigenvalue weighted by molar-refractivity contribution is 6.31. The average Bonchev–Trinajstić information content (AvgIpc) is 2.83. The van der Waals surface area contributed by atoms with Crippen LogP contribution in [0.15, 0.2) is 45.6 Å². The van der Waals surface area contributed by atoms with Crippen LogP contribution in [-0.4, -0.2) is 12.0 Å². The van der Waals surface area contributed by atoms with E-state index >= 15 is 0 Å². The minimum absolute atomic E-state index is 0.0206. The first kappa shape index (κ1) is 13.9. The molecule has 108 valence electrons. The summed E-state index contributed by atoms with van der Waals surface area (Å²) in [4.78, 5) is 13.9. The van der Waals surface area contributed by atoms with E-state index in [2.05, 4.69) is 10.3 Å². The standard InChI is InChI=1S/C16H15ClN2O2/c1-9-3-4-10(7-12(9)17)15(18-2)11-5-6-13-14(8-11)21-16(20)19-13/h3-8,15,18H,1-2H3,(H,19,20). The van der Waals surface area contributed by atoms with Gasteiger partial charge in [0.25, 0.3) is 0 Å². The van der Waals surface area contributed by atoms with Gasteiger partial charge in [-0.25, -0.2) is 4.79 Å². The van der Waals surface area contributed by atoms with Crippen LogP contribution in [0.1, 0.15) is 22.7 Å². The van der Waals surface area contributed by atoms with E-state index in [9.17, 15) is 4.79 Å². The third-order valence-electron chi connectivity index (χ3n) is 3.60. The lowest BCUT2D eigenvalue weighted by molar-refractivity contribution is 0.554. The quantitative estimate of drug-likeness (QED) is 0.779. The lowest BCUT2D eigenvalue weighted by atomic mass is 9.97. The minimum atomic E-state index is -0.443. The van der Waals surface area contributed by atoms with Gasteiger partial charge in [0.2, 0.25) is 0 Å². The fraction of sp³-hybridized carbons (Fsp3) is 0.188. The van der Waals surface area contributed by atoms with Crippen molar-refractivity contribution in [3.63, 3.8) is 0 Å². The number of aryl methyl sites for hydroxylation is 1. The molecular weight excluding hydrogens is 288 g/mol. The van der Waals surface area contributed by atoms with Crippen LogP contribution in [0.4, 0.5) is 0 Å². The molecule has 3 aromatic rings. The number of nitrogens with one attached hydrogen (secondary N) is 2. The number of hydrogen-bond acceptors (Lipinski definition) is 3. The molecule has 2 aromatic carbocycles. The van der Waals surface area contributed by atoms with E-state index in [0.29, 0.717) is 11.1 Å². The van der Waals surface area contributed by atoms with Crippen molar-refractivity contribution in [1.29, 1.82) is 0 Å². The number of hydrogen-bond donors (Lipinski definition) is 2. The number of halogens is 1. The van der Waals surface area contributed by atoms with Gasteiger partial charge in [-0.15, -0.1) is 0 Å². The van der Waals surface area contributed by atoms with Crippen molar-refractivity contribution in [2.45, 2.75) is 13.0 Å². The Morgan fingerprint density at radius 2 is 1.90 bits per heavy atom. The molecule has 5 heteroatoms. The molecule has 0 aliphatic carbocycles. The first-order valence-electron chi connectivity index (χ1n) is 6.64. The second kappa shape index (κ2) is 5.39. The van der Waals surface area contributed by atoms with E-state index in [1.165, 1.54) is 0 Å². The predicted octanol–water partition coefficient (Wildman–Crippen LogP) is 3.39. The van der Waals surface area contributed by atoms with E-state index in [1.54, 1.807) is 0 Å². The zero-order valence-electron chi connectivity index (χ0n) is 11.7. The highest BCUT2D eigenvalue weighted by atomic mass is 35.5. The fourth-order valence-electron chi connectivity index (χ4n) is 2.46. The molecule has 0 radical (unpaired) electrons. The number of oxazole rings is 1. The Bertz CT molecular complexity index is 851. The van der Waals surface area contributed by atoms with Gasteiger partial charge in [-0.3, -0.25) is 4.98 Å². The van der Waals surface area contributed by atoms with E-state index in [4.69, 9.17) is 16.0 Å². The number of aromatic amines is 1. The minimum Gasteiger partial charge on any atom is -0.408 e. The second-order valence-electron chi connectivity index (χ2n) is 5.00. The maximum absolute atomic E-state index is 11.2. The van der Waals surface area contributed by atoms with Gasteiger partial charge >= 0.3 is 5.76 Å². The molecule has 4 nitrogen and oxygen atoms in total. The molecule has 2 N–H and O–H groups in total. The zero-order valence-corrected chi connectivity index (χ0v) is 12.5. The van der Waals surface area contributed by atoms with Gasteiger partial charge in [0, 0.05) is 5.02 Å². The summed E-state index contributed by atoms with van der Waals surface area (Å²) in [7, 11) is 1.88. The monoisotopic (exact) mass is 302 g/mol. The molecule has 0 fully saturated rings. The van der Waals surface area contributed by atoms with Crippen molar-refractivity contribution >= 4 is 22.7 Å². The Balaban J connectivity index is 2.08. The molecule has 0 spiro atoms. The Kier molecular flexibility index (Phi) is 3.57. The first-order valence-corrected chi connectivity index (χ1v) is 7.02. The van der Waals surface area contributed by atoms with Crippen molar-refractivity contribution in [2.24, 2.45) is 0 Å². The van der Waals surface area contributed by atoms with Crippen molar-refractivity contribution in [2.75, 3.05) is 7.05 Å². The largest absolute Gasteiger partial charge is 0.417 e. The molecule has 3 rings (SSSR count). The molecular formula is C16H15ClN2O2. The molecule has 0 aliphatic heterocycles. The zero-order chi connectivity index (χ0) is 15.0. The molecule has 21 heavy (non-hydrogen) atoms. The molecule has 1 unspecified atom stereocenters. The van der Waals surface area contributed by atoms with Crippen LogP contribution in [0.5, 0.6) is 0 Å². The Morgan fingerprint density at radius 3 is 2.62 bits per heavy atom. The van der Waals surface area contributed by atoms with E-state index in [-0.39, 0.29) is 6.04 Å². The summed E-state index contributed by atoms with van der Waals surface area (Å²) in [6, 6.07) is 11.6. The Labute approximate surface area is 126 Å². The molecule has 1 heterocycles. The second-order valence-corrected chi connectivity index (χ2v) is 5.41. The SMILES string of the molecule is CNC(c1ccc(C)c(Cl)c1)c1ccc2[nH]c(=O)oc2c1. The summed E-state index contributed by atoms with van der Waals surface area (Å²) < 4.78 is 5.12. The van der Waals surface area contributed by atoms with Gasteiger partial charge in [0.05, 0.1) is 11.6 Å². The number of aromatic nitrogens is 1. The Morgan fingerprint density at radius 1 is 1.19 bits per heavy atom. The topological polar surface area (TPSA) is 58.0 Å². The summed E-state index contributed by atoms with van der Waals surface area (Å²) in [6.07, 6.45) is 0. The third kappa shape index (κ3) is 2.60. The maximum Gasteiger partial charge on any atom is 0.417 e. The predicted molar refractivity (Wildman–Crippen MR) is 83.9 cm³/mol. The summed E-state index contributed by atoms with van der Waals surface area (Å²) in [5, 5.41) is 4.00. The maximum atomic E-state index is 11.2. The fourth-order valence-corrected chi connectivity index (χ4v) is 2.64. The van der Waals surface area contributed by atoms with Crippen molar-refractivity contribution in [1.82, 2.24) is 10.3 Å². The van der Waals surface area contributed by atoms with Crippen LogP contribution in [-0.2, 0) is 0 Å². The normalized spacial score (nSPS) is 12.7. The summed E-state index contributed by atoms with van der Waals surface area (Å²) in [5.41, 5.74) is 4.36. The van der Waals surface area contributed by atoms with E-state index in [0.717, 1.165) is 21.7 Å².